The highest BCUT2D eigenvalue weighted by atomic mass is 35.5. The van der Waals surface area contributed by atoms with E-state index in [2.05, 4.69) is 4.98 Å². The molecule has 2 rings (SSSR count). The standard InChI is InChI=1S/C12H12ClNO2/c1-2-11-10(7-15)14-12(16-11)8-3-5-9(13)6-4-8/h3-6,15H,2,7H2,1H3. The van der Waals surface area contributed by atoms with Gasteiger partial charge in [-0.2, -0.15) is 0 Å². The Morgan fingerprint density at radius 3 is 2.50 bits per heavy atom. The van der Waals surface area contributed by atoms with Crippen LogP contribution in [0.1, 0.15) is 18.4 Å². The van der Waals surface area contributed by atoms with Gasteiger partial charge in [0.2, 0.25) is 5.89 Å². The van der Waals surface area contributed by atoms with Crippen LogP contribution in [0.3, 0.4) is 0 Å². The van der Waals surface area contributed by atoms with Gasteiger partial charge in [-0.15, -0.1) is 0 Å². The summed E-state index contributed by atoms with van der Waals surface area (Å²) in [4.78, 5) is 4.24. The molecule has 0 saturated heterocycles. The number of hydrogen-bond acceptors (Lipinski definition) is 3. The van der Waals surface area contributed by atoms with E-state index in [0.29, 0.717) is 16.6 Å². The van der Waals surface area contributed by atoms with E-state index in [9.17, 15) is 0 Å². The van der Waals surface area contributed by atoms with Gasteiger partial charge >= 0.3 is 0 Å². The lowest BCUT2D eigenvalue weighted by atomic mass is 10.2. The lowest BCUT2D eigenvalue weighted by molar-refractivity contribution is 0.274. The summed E-state index contributed by atoms with van der Waals surface area (Å²) in [5.74, 6) is 1.25. The van der Waals surface area contributed by atoms with Gasteiger partial charge in [-0.05, 0) is 24.3 Å². The Balaban J connectivity index is 2.40. The first-order valence-corrected chi connectivity index (χ1v) is 5.47. The van der Waals surface area contributed by atoms with Crippen LogP contribution in [0, 0.1) is 0 Å². The molecular weight excluding hydrogens is 226 g/mol. The van der Waals surface area contributed by atoms with E-state index >= 15 is 0 Å². The van der Waals surface area contributed by atoms with Crippen molar-refractivity contribution in [3.63, 3.8) is 0 Å². The van der Waals surface area contributed by atoms with Crippen molar-refractivity contribution in [1.82, 2.24) is 4.98 Å². The summed E-state index contributed by atoms with van der Waals surface area (Å²) in [6.45, 7) is 1.87. The molecule has 4 heteroatoms. The maximum Gasteiger partial charge on any atom is 0.226 e. The third-order valence-corrected chi connectivity index (χ3v) is 2.59. The number of halogens is 1. The van der Waals surface area contributed by atoms with Gasteiger partial charge in [-0.25, -0.2) is 4.98 Å². The Morgan fingerprint density at radius 1 is 1.31 bits per heavy atom. The minimum atomic E-state index is -0.0970. The lowest BCUT2D eigenvalue weighted by Crippen LogP contribution is -1.88. The molecule has 0 saturated carbocycles. The zero-order valence-corrected chi connectivity index (χ0v) is 9.66. The van der Waals surface area contributed by atoms with E-state index in [-0.39, 0.29) is 6.61 Å². The molecule has 1 N–H and O–H groups in total. The molecule has 0 bridgehead atoms. The minimum Gasteiger partial charge on any atom is -0.441 e. The molecule has 0 aliphatic rings. The van der Waals surface area contributed by atoms with Crippen molar-refractivity contribution in [2.45, 2.75) is 20.0 Å². The van der Waals surface area contributed by atoms with E-state index in [4.69, 9.17) is 21.1 Å². The predicted molar refractivity (Wildman–Crippen MR) is 62.2 cm³/mol. The Hall–Kier alpha value is -1.32. The quantitative estimate of drug-likeness (QED) is 0.893. The molecule has 3 nitrogen and oxygen atoms in total. The zero-order valence-electron chi connectivity index (χ0n) is 8.90. The van der Waals surface area contributed by atoms with Gasteiger partial charge in [0.25, 0.3) is 0 Å². The topological polar surface area (TPSA) is 46.3 Å². The molecule has 0 spiro atoms. The first-order chi connectivity index (χ1) is 7.74. The van der Waals surface area contributed by atoms with Crippen molar-refractivity contribution in [3.8, 4) is 11.5 Å². The second-order valence-corrected chi connectivity index (χ2v) is 3.84. The molecule has 0 radical (unpaired) electrons. The maximum atomic E-state index is 9.11. The van der Waals surface area contributed by atoms with Gasteiger partial charge in [0.15, 0.2) is 0 Å². The number of benzene rings is 1. The fraction of sp³-hybridized carbons (Fsp3) is 0.250. The van der Waals surface area contributed by atoms with E-state index in [1.807, 2.05) is 19.1 Å². The van der Waals surface area contributed by atoms with Gasteiger partial charge < -0.3 is 9.52 Å². The maximum absolute atomic E-state index is 9.11. The van der Waals surface area contributed by atoms with E-state index in [1.165, 1.54) is 0 Å². The molecule has 16 heavy (non-hydrogen) atoms. The molecule has 2 aromatic rings. The average molecular weight is 238 g/mol. The van der Waals surface area contributed by atoms with Crippen LogP contribution < -0.4 is 0 Å². The van der Waals surface area contributed by atoms with E-state index in [0.717, 1.165) is 17.7 Å². The van der Waals surface area contributed by atoms with E-state index in [1.54, 1.807) is 12.1 Å². The summed E-state index contributed by atoms with van der Waals surface area (Å²) in [5.41, 5.74) is 1.46. The number of oxazole rings is 1. The molecule has 0 atom stereocenters. The van der Waals surface area contributed by atoms with Crippen molar-refractivity contribution in [3.05, 3.63) is 40.7 Å². The van der Waals surface area contributed by atoms with Gasteiger partial charge in [-0.1, -0.05) is 18.5 Å². The van der Waals surface area contributed by atoms with Crippen molar-refractivity contribution in [1.29, 1.82) is 0 Å². The largest absolute Gasteiger partial charge is 0.441 e. The number of aromatic nitrogens is 1. The lowest BCUT2D eigenvalue weighted by Gasteiger charge is -1.94. The fourth-order valence-corrected chi connectivity index (χ4v) is 1.63. The molecular formula is C12H12ClNO2. The second kappa shape index (κ2) is 4.68. The van der Waals surface area contributed by atoms with Crippen LogP contribution in [0.15, 0.2) is 28.7 Å². The Labute approximate surface area is 98.7 Å². The molecule has 0 aliphatic heterocycles. The predicted octanol–water partition coefficient (Wildman–Crippen LogP) is 3.05. The molecule has 0 fully saturated rings. The smallest absolute Gasteiger partial charge is 0.226 e. The molecule has 1 heterocycles. The molecule has 0 unspecified atom stereocenters. The monoisotopic (exact) mass is 237 g/mol. The number of nitrogens with zero attached hydrogens (tertiary/aromatic N) is 1. The molecule has 0 amide bonds. The summed E-state index contributed by atoms with van der Waals surface area (Å²) in [6.07, 6.45) is 0.719. The second-order valence-electron chi connectivity index (χ2n) is 3.41. The third kappa shape index (κ3) is 2.10. The van der Waals surface area contributed by atoms with Crippen LogP contribution in [0.4, 0.5) is 0 Å². The first kappa shape index (κ1) is 11.2. The molecule has 1 aromatic carbocycles. The van der Waals surface area contributed by atoms with Crippen LogP contribution in [0.25, 0.3) is 11.5 Å². The average Bonchev–Trinajstić information content (AvgIpc) is 2.73. The van der Waals surface area contributed by atoms with Gasteiger partial charge in [0, 0.05) is 17.0 Å². The Morgan fingerprint density at radius 2 is 2.00 bits per heavy atom. The SMILES string of the molecule is CCc1oc(-c2ccc(Cl)cc2)nc1CO. The molecule has 1 aromatic heterocycles. The number of hydrogen-bond donors (Lipinski definition) is 1. The molecule has 84 valence electrons. The molecule has 0 aliphatic carbocycles. The Kier molecular flexibility index (Phi) is 3.27. The van der Waals surface area contributed by atoms with Crippen molar-refractivity contribution >= 4 is 11.6 Å². The summed E-state index contributed by atoms with van der Waals surface area (Å²) in [7, 11) is 0. The van der Waals surface area contributed by atoms with Crippen molar-refractivity contribution in [2.24, 2.45) is 0 Å². The highest BCUT2D eigenvalue weighted by Gasteiger charge is 2.11. The van der Waals surface area contributed by atoms with Crippen LogP contribution in [-0.4, -0.2) is 10.1 Å². The van der Waals surface area contributed by atoms with Gasteiger partial charge in [-0.3, -0.25) is 0 Å². The first-order valence-electron chi connectivity index (χ1n) is 5.10. The van der Waals surface area contributed by atoms with Crippen LogP contribution in [0.5, 0.6) is 0 Å². The third-order valence-electron chi connectivity index (χ3n) is 2.34. The van der Waals surface area contributed by atoms with Crippen LogP contribution >= 0.6 is 11.6 Å². The van der Waals surface area contributed by atoms with Crippen molar-refractivity contribution in [2.75, 3.05) is 0 Å². The summed E-state index contributed by atoms with van der Waals surface area (Å²) in [6, 6.07) is 7.25. The number of aliphatic hydroxyl groups is 1. The van der Waals surface area contributed by atoms with Crippen LogP contribution in [-0.2, 0) is 13.0 Å². The zero-order chi connectivity index (χ0) is 11.5. The number of aryl methyl sites for hydroxylation is 1. The number of aliphatic hydroxyl groups excluding tert-OH is 1. The minimum absolute atomic E-state index is 0.0970. The van der Waals surface area contributed by atoms with E-state index < -0.39 is 0 Å². The summed E-state index contributed by atoms with van der Waals surface area (Å²) < 4.78 is 5.57. The summed E-state index contributed by atoms with van der Waals surface area (Å²) in [5, 5.41) is 9.78. The van der Waals surface area contributed by atoms with Gasteiger partial charge in [0.05, 0.1) is 6.61 Å². The van der Waals surface area contributed by atoms with Crippen LogP contribution in [0.2, 0.25) is 5.02 Å². The highest BCUT2D eigenvalue weighted by molar-refractivity contribution is 6.30. The number of rotatable bonds is 3. The summed E-state index contributed by atoms with van der Waals surface area (Å²) >= 11 is 5.80. The highest BCUT2D eigenvalue weighted by Crippen LogP contribution is 2.23. The van der Waals surface area contributed by atoms with Crippen molar-refractivity contribution < 1.29 is 9.52 Å². The van der Waals surface area contributed by atoms with Gasteiger partial charge in [0.1, 0.15) is 11.5 Å². The normalized spacial score (nSPS) is 10.7. The Bertz CT molecular complexity index is 455. The fourth-order valence-electron chi connectivity index (χ4n) is 1.50.